The van der Waals surface area contributed by atoms with Crippen molar-refractivity contribution in [2.24, 2.45) is 53.3 Å². The third-order valence-corrected chi connectivity index (χ3v) is 9.08. The fraction of sp³-hybridized carbons (Fsp3) is 0.938. The molecule has 0 saturated carbocycles. The van der Waals surface area contributed by atoms with Crippen LogP contribution in [0.5, 0.6) is 0 Å². The van der Waals surface area contributed by atoms with Crippen LogP contribution in [0.4, 0.5) is 4.39 Å². The molecule has 0 saturated heterocycles. The van der Waals surface area contributed by atoms with E-state index in [1.807, 2.05) is 0 Å². The van der Waals surface area contributed by atoms with Gasteiger partial charge in [0.05, 0.1) is 0 Å². The molecule has 0 amide bonds. The van der Waals surface area contributed by atoms with Crippen LogP contribution in [0.1, 0.15) is 134 Å². The van der Waals surface area contributed by atoms with Crippen molar-refractivity contribution in [1.29, 1.82) is 0 Å². The van der Waals surface area contributed by atoms with Gasteiger partial charge in [0.25, 0.3) is 0 Å². The van der Waals surface area contributed by atoms with Gasteiger partial charge in [0.2, 0.25) is 0 Å². The summed E-state index contributed by atoms with van der Waals surface area (Å²) in [4.78, 5) is 0. The Morgan fingerprint density at radius 3 is 1.52 bits per heavy atom. The lowest BCUT2D eigenvalue weighted by atomic mass is 9.78. The van der Waals surface area contributed by atoms with Gasteiger partial charge in [-0.2, -0.15) is 0 Å². The number of hydrogen-bond acceptors (Lipinski definition) is 0. The van der Waals surface area contributed by atoms with E-state index in [1.54, 1.807) is 0 Å². The van der Waals surface area contributed by atoms with Crippen molar-refractivity contribution in [2.75, 3.05) is 0 Å². The second kappa shape index (κ2) is 17.2. The first kappa shape index (κ1) is 32.7. The maximum absolute atomic E-state index is 15.1. The lowest BCUT2D eigenvalue weighted by Crippen LogP contribution is -2.25. The van der Waals surface area contributed by atoms with Crippen molar-refractivity contribution in [3.8, 4) is 0 Å². The number of allylic oxidation sites excluding steroid dienone is 1. The van der Waals surface area contributed by atoms with Crippen molar-refractivity contribution in [3.63, 3.8) is 0 Å². The minimum absolute atomic E-state index is 0.161. The quantitative estimate of drug-likeness (QED) is 0.166. The zero-order valence-electron chi connectivity index (χ0n) is 24.7. The Hall–Kier alpha value is -0.330. The van der Waals surface area contributed by atoms with Gasteiger partial charge in [-0.05, 0) is 78.9 Å². The lowest BCUT2D eigenvalue weighted by Gasteiger charge is -2.29. The van der Waals surface area contributed by atoms with Crippen molar-refractivity contribution in [2.45, 2.75) is 140 Å². The Morgan fingerprint density at radius 1 is 0.545 bits per heavy atom. The Balaban J connectivity index is 4.35. The standard InChI is InChI=1S/C32H63F/c1-22(2)13-15-24(5)25(6)17-18-26(7)27(8)19-20-29(10)31(12)32(33)21-30(11)28(9)16-14-23(3)4/h22-24,26-32H,6,13-21H2,1-5,7-12H3. The Morgan fingerprint density at radius 2 is 0.970 bits per heavy atom. The number of halogens is 1. The van der Waals surface area contributed by atoms with E-state index in [4.69, 9.17) is 0 Å². The molecule has 0 rings (SSSR count). The van der Waals surface area contributed by atoms with E-state index in [0.717, 1.165) is 31.1 Å². The Kier molecular flexibility index (Phi) is 17.0. The van der Waals surface area contributed by atoms with Crippen molar-refractivity contribution >= 4 is 0 Å². The fourth-order valence-electron chi connectivity index (χ4n) is 4.84. The smallest absolute Gasteiger partial charge is 0.103 e. The van der Waals surface area contributed by atoms with Gasteiger partial charge in [-0.15, -0.1) is 0 Å². The third-order valence-electron chi connectivity index (χ3n) is 9.08. The van der Waals surface area contributed by atoms with Crippen LogP contribution in [0.3, 0.4) is 0 Å². The summed E-state index contributed by atoms with van der Waals surface area (Å²) in [5.74, 6) is 5.30. The summed E-state index contributed by atoms with van der Waals surface area (Å²) in [6, 6.07) is 0. The second-order valence-corrected chi connectivity index (χ2v) is 13.1. The van der Waals surface area contributed by atoms with Crippen molar-refractivity contribution in [1.82, 2.24) is 0 Å². The first-order chi connectivity index (χ1) is 15.3. The van der Waals surface area contributed by atoms with Crippen LogP contribution in [0.15, 0.2) is 12.2 Å². The maximum atomic E-state index is 15.1. The van der Waals surface area contributed by atoms with E-state index in [2.05, 4.69) is 82.7 Å². The summed E-state index contributed by atoms with van der Waals surface area (Å²) in [6.45, 7) is 29.7. The molecule has 0 aliphatic rings. The molecule has 0 aliphatic heterocycles. The predicted octanol–water partition coefficient (Wildman–Crippen LogP) is 11.2. The highest BCUT2D eigenvalue weighted by atomic mass is 19.1. The van der Waals surface area contributed by atoms with Gasteiger partial charge in [-0.25, -0.2) is 4.39 Å². The molecule has 0 aromatic rings. The largest absolute Gasteiger partial charge is 0.247 e. The van der Waals surface area contributed by atoms with Gasteiger partial charge < -0.3 is 0 Å². The van der Waals surface area contributed by atoms with Crippen LogP contribution in [-0.4, -0.2) is 6.17 Å². The molecule has 8 atom stereocenters. The maximum Gasteiger partial charge on any atom is 0.103 e. The molecule has 0 spiro atoms. The highest BCUT2D eigenvalue weighted by Crippen LogP contribution is 2.33. The van der Waals surface area contributed by atoms with E-state index in [1.165, 1.54) is 44.1 Å². The molecule has 198 valence electrons. The summed E-state index contributed by atoms with van der Waals surface area (Å²) >= 11 is 0. The molecule has 8 unspecified atom stereocenters. The van der Waals surface area contributed by atoms with E-state index in [0.29, 0.717) is 35.5 Å². The Labute approximate surface area is 210 Å². The van der Waals surface area contributed by atoms with Crippen LogP contribution < -0.4 is 0 Å². The zero-order valence-corrected chi connectivity index (χ0v) is 24.7. The molecule has 0 heterocycles. The van der Waals surface area contributed by atoms with Crippen molar-refractivity contribution < 1.29 is 4.39 Å². The highest BCUT2D eigenvalue weighted by Gasteiger charge is 2.27. The van der Waals surface area contributed by atoms with Crippen LogP contribution in [0.25, 0.3) is 0 Å². The van der Waals surface area contributed by atoms with Gasteiger partial charge >= 0.3 is 0 Å². The van der Waals surface area contributed by atoms with Gasteiger partial charge in [0.15, 0.2) is 0 Å². The summed E-state index contributed by atoms with van der Waals surface area (Å²) in [6.07, 6.45) is 9.90. The highest BCUT2D eigenvalue weighted by molar-refractivity contribution is 4.99. The average Bonchev–Trinajstić information content (AvgIpc) is 2.75. The number of hydrogen-bond donors (Lipinski definition) is 0. The third kappa shape index (κ3) is 14.6. The SMILES string of the molecule is C=C(CCC(C)C(C)CCC(C)C(C)C(F)CC(C)C(C)CCC(C)C)C(C)CCC(C)C. The summed E-state index contributed by atoms with van der Waals surface area (Å²) in [5.41, 5.74) is 1.44. The first-order valence-electron chi connectivity index (χ1n) is 14.6. The molecule has 0 fully saturated rings. The van der Waals surface area contributed by atoms with Gasteiger partial charge in [-0.3, -0.25) is 0 Å². The molecule has 33 heavy (non-hydrogen) atoms. The monoisotopic (exact) mass is 466 g/mol. The molecule has 0 radical (unpaired) electrons. The van der Waals surface area contributed by atoms with E-state index >= 15 is 4.39 Å². The number of alkyl halides is 1. The normalized spacial score (nSPS) is 19.7. The topological polar surface area (TPSA) is 0 Å². The molecule has 0 aromatic heterocycles. The van der Waals surface area contributed by atoms with Gasteiger partial charge in [-0.1, -0.05) is 120 Å². The number of rotatable bonds is 19. The minimum Gasteiger partial charge on any atom is -0.247 e. The van der Waals surface area contributed by atoms with E-state index in [-0.39, 0.29) is 5.92 Å². The zero-order chi connectivity index (χ0) is 25.7. The molecule has 0 bridgehead atoms. The van der Waals surface area contributed by atoms with E-state index in [9.17, 15) is 0 Å². The summed E-state index contributed by atoms with van der Waals surface area (Å²) in [7, 11) is 0. The van der Waals surface area contributed by atoms with Crippen LogP contribution in [-0.2, 0) is 0 Å². The van der Waals surface area contributed by atoms with Gasteiger partial charge in [0, 0.05) is 0 Å². The van der Waals surface area contributed by atoms with Crippen LogP contribution in [0, 0.1) is 53.3 Å². The predicted molar refractivity (Wildman–Crippen MR) is 149 cm³/mol. The van der Waals surface area contributed by atoms with Crippen LogP contribution >= 0.6 is 0 Å². The second-order valence-electron chi connectivity index (χ2n) is 13.1. The molecule has 1 heteroatoms. The Bertz CT molecular complexity index is 493. The summed E-state index contributed by atoms with van der Waals surface area (Å²) < 4.78 is 15.1. The van der Waals surface area contributed by atoms with Crippen molar-refractivity contribution in [3.05, 3.63) is 12.2 Å². The molecule has 0 N–H and O–H groups in total. The fourth-order valence-corrected chi connectivity index (χ4v) is 4.84. The van der Waals surface area contributed by atoms with Crippen LogP contribution in [0.2, 0.25) is 0 Å². The molecule has 0 aromatic carbocycles. The first-order valence-corrected chi connectivity index (χ1v) is 14.6. The molecule has 0 aliphatic carbocycles. The molecular formula is C32H63F. The molecular weight excluding hydrogens is 403 g/mol. The molecule has 0 nitrogen and oxygen atoms in total. The summed E-state index contributed by atoms with van der Waals surface area (Å²) in [5, 5.41) is 0. The van der Waals surface area contributed by atoms with E-state index < -0.39 is 6.17 Å². The average molecular weight is 467 g/mol. The minimum atomic E-state index is -0.667. The van der Waals surface area contributed by atoms with Gasteiger partial charge in [0.1, 0.15) is 6.17 Å². The lowest BCUT2D eigenvalue weighted by molar-refractivity contribution is 0.132.